The topological polar surface area (TPSA) is 189 Å². The van der Waals surface area contributed by atoms with E-state index in [2.05, 4.69) is 39.7 Å². The van der Waals surface area contributed by atoms with Crippen molar-refractivity contribution in [1.82, 2.24) is 13.9 Å². The van der Waals surface area contributed by atoms with Crippen LogP contribution in [0.25, 0.3) is 0 Å². The molecule has 15 heteroatoms. The number of ether oxygens (including phenoxy) is 1. The zero-order chi connectivity index (χ0) is 30.7. The first-order valence-electron chi connectivity index (χ1n) is 12.0. The molecule has 0 spiro atoms. The van der Waals surface area contributed by atoms with E-state index < -0.39 is 28.8 Å². The Morgan fingerprint density at radius 2 is 1.90 bits per heavy atom. The third kappa shape index (κ3) is 8.09. The van der Waals surface area contributed by atoms with Gasteiger partial charge in [-0.3, -0.25) is 9.29 Å². The van der Waals surface area contributed by atoms with E-state index in [1.807, 2.05) is 11.0 Å². The smallest absolute Gasteiger partial charge is 0.333 e. The lowest BCUT2D eigenvalue weighted by atomic mass is 10.2. The fourth-order valence-electron chi connectivity index (χ4n) is 3.34. The van der Waals surface area contributed by atoms with Gasteiger partial charge in [0, 0.05) is 38.4 Å². The van der Waals surface area contributed by atoms with Gasteiger partial charge >= 0.3 is 16.2 Å². The summed E-state index contributed by atoms with van der Waals surface area (Å²) in [5, 5.41) is 37.4. The molecule has 0 radical (unpaired) electrons. The Balaban J connectivity index is 2.66. The van der Waals surface area contributed by atoms with E-state index in [0.717, 1.165) is 8.87 Å². The zero-order valence-electron chi connectivity index (χ0n) is 23.0. The molecule has 41 heavy (non-hydrogen) atoms. The number of benzene rings is 1. The predicted molar refractivity (Wildman–Crippen MR) is 153 cm³/mol. The van der Waals surface area contributed by atoms with E-state index in [1.165, 1.54) is 27.1 Å². The van der Waals surface area contributed by atoms with Crippen LogP contribution in [0.1, 0.15) is 24.4 Å². The highest BCUT2D eigenvalue weighted by Gasteiger charge is 2.25. The molecule has 2 aromatic rings. The summed E-state index contributed by atoms with van der Waals surface area (Å²) in [6.45, 7) is 12.4. The molecule has 2 N–H and O–H groups in total. The van der Waals surface area contributed by atoms with Crippen LogP contribution < -0.4 is 9.62 Å². The number of carbonyl (C=O) groups excluding carboxylic acids is 1. The molecule has 0 aliphatic carbocycles. The van der Waals surface area contributed by atoms with Crippen LogP contribution in [0.3, 0.4) is 0 Å². The van der Waals surface area contributed by atoms with Crippen molar-refractivity contribution >= 4 is 39.2 Å². The summed E-state index contributed by atoms with van der Waals surface area (Å²) in [6.07, 6.45) is 3.37. The lowest BCUT2D eigenvalue weighted by Crippen LogP contribution is -2.29. The van der Waals surface area contributed by atoms with E-state index in [4.69, 9.17) is 4.74 Å². The maximum absolute atomic E-state index is 12.7. The molecule has 216 valence electrons. The second kappa shape index (κ2) is 14.5. The van der Waals surface area contributed by atoms with Gasteiger partial charge in [-0.1, -0.05) is 18.7 Å². The molecule has 1 unspecified atom stereocenters. The van der Waals surface area contributed by atoms with Gasteiger partial charge in [0.15, 0.2) is 11.4 Å². The van der Waals surface area contributed by atoms with Crippen LogP contribution in [0.4, 0.5) is 23.0 Å². The number of aliphatic hydroxyl groups excluding tert-OH is 1. The number of aliphatic hydroxyl groups is 1. The molecule has 14 nitrogen and oxygen atoms in total. The second-order valence-corrected chi connectivity index (χ2v) is 10.6. The number of hydrogen-bond donors (Lipinski definition) is 2. The van der Waals surface area contributed by atoms with Crippen LogP contribution >= 0.6 is 0 Å². The number of rotatable bonds is 15. The van der Waals surface area contributed by atoms with Crippen molar-refractivity contribution in [2.24, 2.45) is 10.2 Å². The summed E-state index contributed by atoms with van der Waals surface area (Å²) in [5.74, 6) is -0.973. The highest BCUT2D eigenvalue weighted by Crippen LogP contribution is 2.33. The molecule has 0 aliphatic heterocycles. The summed E-state index contributed by atoms with van der Waals surface area (Å²) < 4.78 is 35.0. The maximum Gasteiger partial charge on any atom is 0.333 e. The van der Waals surface area contributed by atoms with Crippen molar-refractivity contribution in [3.8, 4) is 12.1 Å². The average Bonchev–Trinajstić information content (AvgIpc) is 3.29. The van der Waals surface area contributed by atoms with E-state index in [0.29, 0.717) is 18.8 Å². The Hall–Kier alpha value is -4.83. The molecule has 0 saturated heterocycles. The SMILES string of the molecule is C=CCN(CC=C)c1ccc(/N=N/c2nc(C#N)c(C#N)n2C(CO)COC(=O)C(=C)C)c(NS(=O)(=O)N(C)C)c1. The van der Waals surface area contributed by atoms with E-state index in [1.54, 1.807) is 30.4 Å². The summed E-state index contributed by atoms with van der Waals surface area (Å²) in [6, 6.07) is 7.36. The normalized spacial score (nSPS) is 11.9. The van der Waals surface area contributed by atoms with Gasteiger partial charge in [-0.05, 0) is 25.1 Å². The van der Waals surface area contributed by atoms with Crippen molar-refractivity contribution in [2.45, 2.75) is 13.0 Å². The minimum Gasteiger partial charge on any atom is -0.460 e. The first-order chi connectivity index (χ1) is 19.4. The van der Waals surface area contributed by atoms with Crippen molar-refractivity contribution in [3.63, 3.8) is 0 Å². The maximum atomic E-state index is 12.7. The van der Waals surface area contributed by atoms with Crippen molar-refractivity contribution in [1.29, 1.82) is 10.5 Å². The minimum atomic E-state index is -3.96. The number of azo groups is 1. The molecule has 1 aromatic heterocycles. The molecule has 0 fully saturated rings. The molecule has 1 aromatic carbocycles. The van der Waals surface area contributed by atoms with Gasteiger partial charge in [0.1, 0.15) is 24.4 Å². The summed E-state index contributed by atoms with van der Waals surface area (Å²) in [5.41, 5.74) is 0.393. The highest BCUT2D eigenvalue weighted by atomic mass is 32.2. The molecule has 0 bridgehead atoms. The van der Waals surface area contributed by atoms with Gasteiger partial charge in [0.05, 0.1) is 18.3 Å². The van der Waals surface area contributed by atoms with E-state index in [-0.39, 0.29) is 40.9 Å². The lowest BCUT2D eigenvalue weighted by molar-refractivity contribution is -0.140. The Labute approximate surface area is 239 Å². The lowest BCUT2D eigenvalue weighted by Gasteiger charge is -2.23. The van der Waals surface area contributed by atoms with Crippen LogP contribution in [0, 0.1) is 22.7 Å². The summed E-state index contributed by atoms with van der Waals surface area (Å²) in [4.78, 5) is 17.8. The van der Waals surface area contributed by atoms with Crippen LogP contribution in [-0.4, -0.2) is 73.7 Å². The molecule has 1 heterocycles. The van der Waals surface area contributed by atoms with E-state index in [9.17, 15) is 28.8 Å². The third-order valence-corrected chi connectivity index (χ3v) is 6.89. The standard InChI is InChI=1S/C26H31N9O5S/c1-7-11-34(12-8-2)19-9-10-21(22(13-19)32-41(38,39)33(5)6)30-31-26-29-23(14-27)24(15-28)35(26)20(16-36)17-40-25(37)18(3)4/h7-10,13,20,32,36H,1-3,11-12,16-17H2,4-6H3/b31-30+. The Morgan fingerprint density at radius 3 is 2.41 bits per heavy atom. The Kier molecular flexibility index (Phi) is 11.5. The number of carbonyl (C=O) groups is 1. The van der Waals surface area contributed by atoms with Crippen LogP contribution in [0.2, 0.25) is 0 Å². The monoisotopic (exact) mass is 581 g/mol. The number of nitrogens with one attached hydrogen (secondary N) is 1. The largest absolute Gasteiger partial charge is 0.460 e. The third-order valence-electron chi connectivity index (χ3n) is 5.45. The molecule has 1 atom stereocenters. The zero-order valence-corrected chi connectivity index (χ0v) is 23.8. The average molecular weight is 582 g/mol. The van der Waals surface area contributed by atoms with Crippen molar-refractivity contribution in [2.75, 3.05) is 50.0 Å². The fraction of sp³-hybridized carbons (Fsp3) is 0.308. The predicted octanol–water partition coefficient (Wildman–Crippen LogP) is 3.09. The Morgan fingerprint density at radius 1 is 1.24 bits per heavy atom. The molecular formula is C26H31N9O5S. The number of imidazole rings is 1. The van der Waals surface area contributed by atoms with Gasteiger partial charge in [-0.2, -0.15) is 28.2 Å². The van der Waals surface area contributed by atoms with Crippen LogP contribution in [0.15, 0.2) is 65.9 Å². The quantitative estimate of drug-likeness (QED) is 0.138. The van der Waals surface area contributed by atoms with Crippen molar-refractivity contribution < 1.29 is 23.1 Å². The van der Waals surface area contributed by atoms with Gasteiger partial charge < -0.3 is 14.7 Å². The first-order valence-corrected chi connectivity index (χ1v) is 13.5. The number of hydrogen-bond acceptors (Lipinski definition) is 11. The van der Waals surface area contributed by atoms with E-state index >= 15 is 0 Å². The van der Waals surface area contributed by atoms with Gasteiger partial charge in [0.25, 0.3) is 5.95 Å². The summed E-state index contributed by atoms with van der Waals surface area (Å²) >= 11 is 0. The van der Waals surface area contributed by atoms with Crippen molar-refractivity contribution in [3.05, 3.63) is 67.0 Å². The minimum absolute atomic E-state index is 0.0753. The van der Waals surface area contributed by atoms with Gasteiger partial charge in [0.2, 0.25) is 0 Å². The van der Waals surface area contributed by atoms with Gasteiger partial charge in [-0.15, -0.1) is 23.4 Å². The number of aromatic nitrogens is 2. The first kappa shape index (κ1) is 32.4. The number of nitrogens with zero attached hydrogens (tertiary/aromatic N) is 8. The number of nitriles is 2. The van der Waals surface area contributed by atoms with Gasteiger partial charge in [-0.25, -0.2) is 4.79 Å². The summed E-state index contributed by atoms with van der Waals surface area (Å²) in [7, 11) is -1.24. The highest BCUT2D eigenvalue weighted by molar-refractivity contribution is 7.90. The van der Waals surface area contributed by atoms with Crippen LogP contribution in [-0.2, 0) is 19.7 Å². The fourth-order valence-corrected chi connectivity index (χ4v) is 3.97. The molecule has 0 aliphatic rings. The molecule has 0 saturated carbocycles. The molecule has 2 rings (SSSR count). The van der Waals surface area contributed by atoms with Crippen LogP contribution in [0.5, 0.6) is 0 Å². The second-order valence-electron chi connectivity index (χ2n) is 8.69. The number of esters is 1. The Bertz CT molecular complexity index is 1520. The number of anilines is 2. The molecule has 0 amide bonds. The molecular weight excluding hydrogens is 550 g/mol.